The molecule has 0 aliphatic carbocycles. The number of rotatable bonds is 5. The quantitative estimate of drug-likeness (QED) is 0.356. The molecule has 0 spiro atoms. The molecule has 1 amide bonds. The Kier molecular flexibility index (Phi) is 5.82. The van der Waals surface area contributed by atoms with Crippen molar-refractivity contribution in [2.24, 2.45) is 0 Å². The number of ketones is 1. The summed E-state index contributed by atoms with van der Waals surface area (Å²) in [4.78, 5) is 27.8. The fourth-order valence-corrected chi connectivity index (χ4v) is 4.02. The zero-order valence-electron chi connectivity index (χ0n) is 18.3. The zero-order chi connectivity index (χ0) is 22.8. The average molecular weight is 428 g/mol. The first-order valence-corrected chi connectivity index (χ1v) is 10.4. The van der Waals surface area contributed by atoms with E-state index in [4.69, 9.17) is 4.74 Å². The Morgan fingerprint density at radius 2 is 1.62 bits per heavy atom. The molecule has 0 saturated carbocycles. The lowest BCUT2D eigenvalue weighted by molar-refractivity contribution is -0.140. The second-order valence-electron chi connectivity index (χ2n) is 8.06. The lowest BCUT2D eigenvalue weighted by Gasteiger charge is -2.26. The second-order valence-corrected chi connectivity index (χ2v) is 8.06. The van der Waals surface area contributed by atoms with Crippen molar-refractivity contribution in [2.45, 2.75) is 26.4 Å². The van der Waals surface area contributed by atoms with Crippen LogP contribution in [0.1, 0.15) is 33.9 Å². The highest BCUT2D eigenvalue weighted by Gasteiger charge is 2.46. The Labute approximate surface area is 187 Å². The minimum absolute atomic E-state index is 0.109. The fraction of sp³-hybridized carbons (Fsp3) is 0.185. The van der Waals surface area contributed by atoms with Gasteiger partial charge in [0.1, 0.15) is 11.5 Å². The summed E-state index contributed by atoms with van der Waals surface area (Å²) in [6.07, 6.45) is 0. The second kappa shape index (κ2) is 8.71. The van der Waals surface area contributed by atoms with Crippen LogP contribution in [0.25, 0.3) is 5.76 Å². The minimum atomic E-state index is -0.682. The maximum Gasteiger partial charge on any atom is 0.295 e. The average Bonchev–Trinajstić information content (AvgIpc) is 3.04. The van der Waals surface area contributed by atoms with Crippen molar-refractivity contribution in [1.29, 1.82) is 0 Å². The van der Waals surface area contributed by atoms with E-state index < -0.39 is 17.7 Å². The molecule has 32 heavy (non-hydrogen) atoms. The van der Waals surface area contributed by atoms with Crippen LogP contribution in [0.4, 0.5) is 0 Å². The number of carbonyl (C=O) groups excluding carboxylic acids is 2. The number of ether oxygens (including phenoxy) is 1. The van der Waals surface area contributed by atoms with Gasteiger partial charge in [-0.1, -0.05) is 71.8 Å². The largest absolute Gasteiger partial charge is 0.507 e. The standard InChI is InChI=1S/C27H25NO4/c1-17-7-11-20(12-8-17)25(29)23-24(21-6-4-5-18(2)15-21)28(27(31)26(23)30)16-19-9-13-22(32-3)14-10-19/h4-15,24,29H,16H2,1-3H3/b25-23-. The van der Waals surface area contributed by atoms with Crippen LogP contribution in [0.2, 0.25) is 0 Å². The summed E-state index contributed by atoms with van der Waals surface area (Å²) in [5.74, 6) is -0.749. The third-order valence-corrected chi connectivity index (χ3v) is 5.73. The van der Waals surface area contributed by atoms with Crippen molar-refractivity contribution < 1.29 is 19.4 Å². The van der Waals surface area contributed by atoms with Crippen molar-refractivity contribution in [1.82, 2.24) is 4.90 Å². The molecule has 3 aromatic rings. The number of aliphatic hydroxyl groups is 1. The van der Waals surface area contributed by atoms with Crippen molar-refractivity contribution >= 4 is 17.4 Å². The highest BCUT2D eigenvalue weighted by Crippen LogP contribution is 2.40. The zero-order valence-corrected chi connectivity index (χ0v) is 18.3. The van der Waals surface area contributed by atoms with Gasteiger partial charge in [0.2, 0.25) is 0 Å². The molecule has 1 atom stereocenters. The smallest absolute Gasteiger partial charge is 0.295 e. The van der Waals surface area contributed by atoms with E-state index >= 15 is 0 Å². The van der Waals surface area contributed by atoms with E-state index in [2.05, 4.69) is 0 Å². The number of amides is 1. The van der Waals surface area contributed by atoms with Crippen molar-refractivity contribution in [3.8, 4) is 5.75 Å². The number of methoxy groups -OCH3 is 1. The minimum Gasteiger partial charge on any atom is -0.507 e. The van der Waals surface area contributed by atoms with Gasteiger partial charge >= 0.3 is 0 Å². The Hall–Kier alpha value is -3.86. The Morgan fingerprint density at radius 1 is 0.938 bits per heavy atom. The first kappa shape index (κ1) is 21.4. The number of hydrogen-bond acceptors (Lipinski definition) is 4. The number of aryl methyl sites for hydroxylation is 2. The van der Waals surface area contributed by atoms with Gasteiger partial charge in [0, 0.05) is 12.1 Å². The number of nitrogens with zero attached hydrogens (tertiary/aromatic N) is 1. The van der Waals surface area contributed by atoms with Crippen LogP contribution in [-0.2, 0) is 16.1 Å². The van der Waals surface area contributed by atoms with E-state index in [0.717, 1.165) is 22.3 Å². The maximum atomic E-state index is 13.1. The number of likely N-dealkylation sites (tertiary alicyclic amines) is 1. The number of aliphatic hydroxyl groups excluding tert-OH is 1. The molecule has 3 aromatic carbocycles. The molecule has 1 aliphatic heterocycles. The van der Waals surface area contributed by atoms with E-state index in [1.54, 1.807) is 19.2 Å². The van der Waals surface area contributed by atoms with E-state index in [1.165, 1.54) is 4.90 Å². The number of benzene rings is 3. The number of Topliss-reactive ketones (excluding diaryl/α,β-unsaturated/α-hetero) is 1. The van der Waals surface area contributed by atoms with Crippen LogP contribution in [-0.4, -0.2) is 28.8 Å². The van der Waals surface area contributed by atoms with E-state index in [0.29, 0.717) is 11.3 Å². The van der Waals surface area contributed by atoms with Gasteiger partial charge in [-0.15, -0.1) is 0 Å². The summed E-state index contributed by atoms with van der Waals surface area (Å²) in [6.45, 7) is 4.14. The van der Waals surface area contributed by atoms with Crippen LogP contribution >= 0.6 is 0 Å². The van der Waals surface area contributed by atoms with Crippen molar-refractivity contribution in [3.05, 3.63) is 106 Å². The monoisotopic (exact) mass is 427 g/mol. The first-order chi connectivity index (χ1) is 15.4. The highest BCUT2D eigenvalue weighted by atomic mass is 16.5. The molecule has 0 bridgehead atoms. The SMILES string of the molecule is COc1ccc(CN2C(=O)C(=O)/C(=C(\O)c3ccc(C)cc3)C2c2cccc(C)c2)cc1. The summed E-state index contributed by atoms with van der Waals surface area (Å²) in [7, 11) is 1.59. The molecule has 0 aromatic heterocycles. The molecule has 5 heteroatoms. The summed E-state index contributed by atoms with van der Waals surface area (Å²) in [6, 6.07) is 21.6. The Balaban J connectivity index is 1.83. The predicted octanol–water partition coefficient (Wildman–Crippen LogP) is 4.93. The lowest BCUT2D eigenvalue weighted by atomic mass is 9.94. The first-order valence-electron chi connectivity index (χ1n) is 10.4. The lowest BCUT2D eigenvalue weighted by Crippen LogP contribution is -2.29. The molecule has 1 N–H and O–H groups in total. The van der Waals surface area contributed by atoms with Crippen molar-refractivity contribution in [2.75, 3.05) is 7.11 Å². The molecule has 162 valence electrons. The van der Waals surface area contributed by atoms with Gasteiger partial charge in [-0.05, 0) is 37.1 Å². The molecule has 5 nitrogen and oxygen atoms in total. The van der Waals surface area contributed by atoms with Crippen LogP contribution < -0.4 is 4.74 Å². The molecule has 1 aliphatic rings. The van der Waals surface area contributed by atoms with Crippen molar-refractivity contribution in [3.63, 3.8) is 0 Å². The molecule has 1 heterocycles. The summed E-state index contributed by atoms with van der Waals surface area (Å²) >= 11 is 0. The molecule has 1 saturated heterocycles. The molecule has 1 unspecified atom stereocenters. The highest BCUT2D eigenvalue weighted by molar-refractivity contribution is 6.46. The normalized spacial score (nSPS) is 17.6. The van der Waals surface area contributed by atoms with E-state index in [-0.39, 0.29) is 17.9 Å². The fourth-order valence-electron chi connectivity index (χ4n) is 4.02. The Morgan fingerprint density at radius 3 is 2.25 bits per heavy atom. The van der Waals surface area contributed by atoms with E-state index in [9.17, 15) is 14.7 Å². The maximum absolute atomic E-state index is 13.1. The third kappa shape index (κ3) is 4.02. The molecule has 0 radical (unpaired) electrons. The summed E-state index contributed by atoms with van der Waals surface area (Å²) < 4.78 is 5.21. The van der Waals surface area contributed by atoms with Gasteiger partial charge in [-0.2, -0.15) is 0 Å². The van der Waals surface area contributed by atoms with Crippen LogP contribution in [0, 0.1) is 13.8 Å². The van der Waals surface area contributed by atoms with E-state index in [1.807, 2.05) is 74.5 Å². The van der Waals surface area contributed by atoms with Crippen LogP contribution in [0.5, 0.6) is 5.75 Å². The molecular formula is C27H25NO4. The van der Waals surface area contributed by atoms with Crippen LogP contribution in [0.3, 0.4) is 0 Å². The summed E-state index contributed by atoms with van der Waals surface area (Å²) in [5, 5.41) is 11.1. The van der Waals surface area contributed by atoms with Gasteiger partial charge in [-0.25, -0.2) is 0 Å². The number of hydrogen-bond donors (Lipinski definition) is 1. The molecule has 4 rings (SSSR count). The third-order valence-electron chi connectivity index (χ3n) is 5.73. The van der Waals surface area contributed by atoms with Gasteiger partial charge in [0.15, 0.2) is 0 Å². The molecule has 1 fully saturated rings. The topological polar surface area (TPSA) is 66.8 Å². The van der Waals surface area contributed by atoms with Gasteiger partial charge in [-0.3, -0.25) is 9.59 Å². The van der Waals surface area contributed by atoms with Gasteiger partial charge in [0.25, 0.3) is 11.7 Å². The van der Waals surface area contributed by atoms with Crippen LogP contribution in [0.15, 0.2) is 78.4 Å². The summed E-state index contributed by atoms with van der Waals surface area (Å²) in [5.41, 5.74) is 4.31. The Bertz CT molecular complexity index is 1190. The predicted molar refractivity (Wildman–Crippen MR) is 123 cm³/mol. The number of carbonyl (C=O) groups is 2. The van der Waals surface area contributed by atoms with Gasteiger partial charge in [0.05, 0.1) is 18.7 Å². The molecular weight excluding hydrogens is 402 g/mol. The van der Waals surface area contributed by atoms with Gasteiger partial charge < -0.3 is 14.7 Å².